The number of pyridine rings is 1. The standard InChI is InChI=1S/C20H24N2O3/c1-24-18-7-4-5-15(13-18)19-9-8-16(14-22-19)20(23)21-11-10-17-6-2-3-12-25-17/h4-5,7-9,13-14,17H,2-3,6,10-12H2,1H3,(H,21,23). The third kappa shape index (κ3) is 4.79. The molecule has 0 radical (unpaired) electrons. The van der Waals surface area contributed by atoms with E-state index in [0.717, 1.165) is 42.9 Å². The maximum atomic E-state index is 12.2. The van der Waals surface area contributed by atoms with Crippen molar-refractivity contribution in [2.75, 3.05) is 20.3 Å². The zero-order valence-electron chi connectivity index (χ0n) is 14.5. The van der Waals surface area contributed by atoms with E-state index in [-0.39, 0.29) is 12.0 Å². The summed E-state index contributed by atoms with van der Waals surface area (Å²) in [4.78, 5) is 16.6. The van der Waals surface area contributed by atoms with Crippen molar-refractivity contribution in [1.82, 2.24) is 10.3 Å². The van der Waals surface area contributed by atoms with Crippen molar-refractivity contribution in [3.05, 3.63) is 48.2 Å². The van der Waals surface area contributed by atoms with Gasteiger partial charge in [0.1, 0.15) is 5.75 Å². The number of benzene rings is 1. The van der Waals surface area contributed by atoms with E-state index in [1.807, 2.05) is 30.3 Å². The van der Waals surface area contributed by atoms with E-state index in [1.165, 1.54) is 6.42 Å². The van der Waals surface area contributed by atoms with E-state index >= 15 is 0 Å². The summed E-state index contributed by atoms with van der Waals surface area (Å²) in [7, 11) is 1.64. The van der Waals surface area contributed by atoms with Gasteiger partial charge in [-0.1, -0.05) is 12.1 Å². The van der Waals surface area contributed by atoms with Crippen LogP contribution in [-0.4, -0.2) is 37.3 Å². The van der Waals surface area contributed by atoms with Gasteiger partial charge in [-0.3, -0.25) is 9.78 Å². The molecular formula is C20H24N2O3. The second-order valence-corrected chi connectivity index (χ2v) is 6.20. The number of carbonyl (C=O) groups excluding carboxylic acids is 1. The minimum absolute atomic E-state index is 0.0968. The molecule has 1 unspecified atom stereocenters. The second-order valence-electron chi connectivity index (χ2n) is 6.20. The summed E-state index contributed by atoms with van der Waals surface area (Å²) in [6.45, 7) is 1.47. The number of ether oxygens (including phenoxy) is 2. The Morgan fingerprint density at radius 3 is 2.96 bits per heavy atom. The number of aromatic nitrogens is 1. The van der Waals surface area contributed by atoms with Crippen LogP contribution in [0.1, 0.15) is 36.0 Å². The van der Waals surface area contributed by atoms with Crippen molar-refractivity contribution < 1.29 is 14.3 Å². The smallest absolute Gasteiger partial charge is 0.252 e. The average molecular weight is 340 g/mol. The number of nitrogens with one attached hydrogen (secondary N) is 1. The fraction of sp³-hybridized carbons (Fsp3) is 0.400. The molecule has 0 aliphatic carbocycles. The Kier molecular flexibility index (Phi) is 6.01. The molecule has 2 aromatic rings. The van der Waals surface area contributed by atoms with Crippen LogP contribution in [0.3, 0.4) is 0 Å². The van der Waals surface area contributed by atoms with Gasteiger partial charge in [-0.25, -0.2) is 0 Å². The first-order chi connectivity index (χ1) is 12.3. The molecule has 0 saturated carbocycles. The predicted octanol–water partition coefficient (Wildman–Crippen LogP) is 3.45. The molecule has 1 aliphatic heterocycles. The molecule has 1 saturated heterocycles. The quantitative estimate of drug-likeness (QED) is 0.875. The molecule has 5 nitrogen and oxygen atoms in total. The number of hydrogen-bond donors (Lipinski definition) is 1. The largest absolute Gasteiger partial charge is 0.497 e. The lowest BCUT2D eigenvalue weighted by molar-refractivity contribution is 0.0117. The van der Waals surface area contributed by atoms with E-state index < -0.39 is 0 Å². The maximum Gasteiger partial charge on any atom is 0.252 e. The third-order valence-corrected chi connectivity index (χ3v) is 4.42. The van der Waals surface area contributed by atoms with Gasteiger partial charge in [-0.15, -0.1) is 0 Å². The SMILES string of the molecule is COc1cccc(-c2ccc(C(=O)NCCC3CCCCO3)cn2)c1. The number of nitrogens with zero attached hydrogens (tertiary/aromatic N) is 1. The zero-order valence-corrected chi connectivity index (χ0v) is 14.5. The highest BCUT2D eigenvalue weighted by Gasteiger charge is 2.14. The van der Waals surface area contributed by atoms with Gasteiger partial charge >= 0.3 is 0 Å². The Hall–Kier alpha value is -2.40. The number of hydrogen-bond acceptors (Lipinski definition) is 4. The molecule has 132 valence electrons. The van der Waals surface area contributed by atoms with Gasteiger partial charge in [-0.2, -0.15) is 0 Å². The van der Waals surface area contributed by atoms with Crippen molar-refractivity contribution in [1.29, 1.82) is 0 Å². The number of rotatable bonds is 6. The molecule has 1 aromatic carbocycles. The van der Waals surface area contributed by atoms with Crippen LogP contribution in [0.25, 0.3) is 11.3 Å². The molecular weight excluding hydrogens is 316 g/mol. The fourth-order valence-corrected chi connectivity index (χ4v) is 2.97. The first-order valence-corrected chi connectivity index (χ1v) is 8.76. The highest BCUT2D eigenvalue weighted by atomic mass is 16.5. The third-order valence-electron chi connectivity index (χ3n) is 4.42. The van der Waals surface area contributed by atoms with E-state index in [0.29, 0.717) is 12.1 Å². The summed E-state index contributed by atoms with van der Waals surface area (Å²) in [6.07, 6.45) is 6.21. The molecule has 0 spiro atoms. The van der Waals surface area contributed by atoms with Gasteiger partial charge in [0.05, 0.1) is 24.5 Å². The first-order valence-electron chi connectivity index (χ1n) is 8.76. The lowest BCUT2D eigenvalue weighted by atomic mass is 10.1. The van der Waals surface area contributed by atoms with E-state index in [4.69, 9.17) is 9.47 Å². The van der Waals surface area contributed by atoms with Crippen LogP contribution >= 0.6 is 0 Å². The normalized spacial score (nSPS) is 17.1. The van der Waals surface area contributed by atoms with Crippen LogP contribution in [0.15, 0.2) is 42.6 Å². The molecule has 1 atom stereocenters. The molecule has 25 heavy (non-hydrogen) atoms. The Bertz CT molecular complexity index is 694. The van der Waals surface area contributed by atoms with Crippen molar-refractivity contribution in [2.24, 2.45) is 0 Å². The fourth-order valence-electron chi connectivity index (χ4n) is 2.97. The van der Waals surface area contributed by atoms with Gasteiger partial charge in [-0.05, 0) is 49.9 Å². The summed E-state index contributed by atoms with van der Waals surface area (Å²) in [6, 6.07) is 11.4. The summed E-state index contributed by atoms with van der Waals surface area (Å²) < 4.78 is 10.9. The van der Waals surface area contributed by atoms with Gasteiger partial charge < -0.3 is 14.8 Å². The van der Waals surface area contributed by atoms with Gasteiger partial charge in [0.2, 0.25) is 0 Å². The van der Waals surface area contributed by atoms with E-state index in [2.05, 4.69) is 10.3 Å². The lowest BCUT2D eigenvalue weighted by Gasteiger charge is -2.22. The zero-order chi connectivity index (χ0) is 17.5. The van der Waals surface area contributed by atoms with Crippen LogP contribution in [0, 0.1) is 0 Å². The minimum Gasteiger partial charge on any atom is -0.497 e. The van der Waals surface area contributed by atoms with Crippen LogP contribution in [0.2, 0.25) is 0 Å². The molecule has 1 aromatic heterocycles. The highest BCUT2D eigenvalue weighted by molar-refractivity contribution is 5.94. The molecule has 1 fully saturated rings. The Balaban J connectivity index is 1.54. The Labute approximate surface area is 148 Å². The molecule has 5 heteroatoms. The first kappa shape index (κ1) is 17.4. The number of methoxy groups -OCH3 is 1. The van der Waals surface area contributed by atoms with Crippen LogP contribution < -0.4 is 10.1 Å². The molecule has 0 bridgehead atoms. The number of carbonyl (C=O) groups is 1. The molecule has 1 N–H and O–H groups in total. The summed E-state index contributed by atoms with van der Waals surface area (Å²) in [5, 5.41) is 2.94. The van der Waals surface area contributed by atoms with Crippen LogP contribution in [0.5, 0.6) is 5.75 Å². The maximum absolute atomic E-state index is 12.2. The van der Waals surface area contributed by atoms with Gasteiger partial charge in [0.25, 0.3) is 5.91 Å². The van der Waals surface area contributed by atoms with Crippen molar-refractivity contribution in [2.45, 2.75) is 31.8 Å². The Morgan fingerprint density at radius 2 is 2.24 bits per heavy atom. The van der Waals surface area contributed by atoms with Crippen LogP contribution in [-0.2, 0) is 4.74 Å². The molecule has 1 amide bonds. The van der Waals surface area contributed by atoms with Crippen molar-refractivity contribution in [3.8, 4) is 17.0 Å². The minimum atomic E-state index is -0.0968. The average Bonchev–Trinajstić information content (AvgIpc) is 2.69. The Morgan fingerprint density at radius 1 is 1.32 bits per heavy atom. The molecule has 3 rings (SSSR count). The topological polar surface area (TPSA) is 60.5 Å². The summed E-state index contributed by atoms with van der Waals surface area (Å²) in [5.74, 6) is 0.687. The van der Waals surface area contributed by atoms with E-state index in [1.54, 1.807) is 19.4 Å². The van der Waals surface area contributed by atoms with Gasteiger partial charge in [0.15, 0.2) is 0 Å². The monoisotopic (exact) mass is 340 g/mol. The summed E-state index contributed by atoms with van der Waals surface area (Å²) >= 11 is 0. The molecule has 2 heterocycles. The van der Waals surface area contributed by atoms with E-state index in [9.17, 15) is 4.79 Å². The van der Waals surface area contributed by atoms with Crippen molar-refractivity contribution >= 4 is 5.91 Å². The van der Waals surface area contributed by atoms with Gasteiger partial charge in [0, 0.05) is 24.9 Å². The predicted molar refractivity (Wildman–Crippen MR) is 96.8 cm³/mol. The highest BCUT2D eigenvalue weighted by Crippen LogP contribution is 2.22. The van der Waals surface area contributed by atoms with Crippen molar-refractivity contribution in [3.63, 3.8) is 0 Å². The number of amides is 1. The second kappa shape index (κ2) is 8.62. The lowest BCUT2D eigenvalue weighted by Crippen LogP contribution is -2.29. The molecule has 1 aliphatic rings. The summed E-state index contributed by atoms with van der Waals surface area (Å²) in [5.41, 5.74) is 2.34. The van der Waals surface area contributed by atoms with Crippen LogP contribution in [0.4, 0.5) is 0 Å².